The van der Waals surface area contributed by atoms with Gasteiger partial charge in [0, 0.05) is 29.8 Å². The fourth-order valence-corrected chi connectivity index (χ4v) is 1.22. The maximum Gasteiger partial charge on any atom is 0.417 e. The van der Waals surface area contributed by atoms with Crippen LogP contribution in [0.5, 0.6) is 0 Å². The Labute approximate surface area is 98.2 Å². The number of hydrogen-bond donors (Lipinski definition) is 0. The largest absolute Gasteiger partial charge is 0.858 e. The molecule has 0 aromatic carbocycles. The van der Waals surface area contributed by atoms with Crippen LogP contribution in [0.2, 0.25) is 0 Å². The minimum Gasteiger partial charge on any atom is -0.858 e. The smallest absolute Gasteiger partial charge is 0.417 e. The average molecular weight is 296 g/mol. The van der Waals surface area contributed by atoms with Crippen LogP contribution in [0.15, 0.2) is 23.5 Å². The van der Waals surface area contributed by atoms with Gasteiger partial charge >= 0.3 is 6.18 Å². The van der Waals surface area contributed by atoms with Gasteiger partial charge in [0.15, 0.2) is 0 Å². The molecule has 88 valence electrons. The van der Waals surface area contributed by atoms with Crippen LogP contribution in [0.4, 0.5) is 13.2 Å². The summed E-state index contributed by atoms with van der Waals surface area (Å²) < 4.78 is 37.5. The molecule has 3 nitrogen and oxygen atoms in total. The molecule has 7 heteroatoms. The lowest BCUT2D eigenvalue weighted by Crippen LogP contribution is -2.24. The third kappa shape index (κ3) is 3.19. The molecule has 0 aliphatic rings. The Kier molecular flexibility index (Phi) is 4.28. The molecule has 0 aliphatic heterocycles. The molecule has 1 rings (SSSR count). The highest BCUT2D eigenvalue weighted by atomic mass is 79.9. The van der Waals surface area contributed by atoms with Gasteiger partial charge in [-0.1, -0.05) is 15.9 Å². The molecular weight excluding hydrogens is 289 g/mol. The Morgan fingerprint density at radius 2 is 2.19 bits per heavy atom. The SMILES string of the molecule is [O-]C(=NCCBr)c1cnccc1C(F)(F)F. The molecule has 0 bridgehead atoms. The number of rotatable bonds is 3. The minimum atomic E-state index is -4.57. The van der Waals surface area contributed by atoms with E-state index in [0.717, 1.165) is 18.5 Å². The van der Waals surface area contributed by atoms with Crippen molar-refractivity contribution in [3.05, 3.63) is 29.6 Å². The Morgan fingerprint density at radius 3 is 2.75 bits per heavy atom. The molecule has 1 aromatic heterocycles. The topological polar surface area (TPSA) is 48.3 Å². The van der Waals surface area contributed by atoms with Crippen LogP contribution in [0.3, 0.4) is 0 Å². The lowest BCUT2D eigenvalue weighted by Gasteiger charge is -2.16. The normalized spacial score (nSPS) is 12.9. The molecule has 0 radical (unpaired) electrons. The first kappa shape index (κ1) is 13.0. The molecule has 0 aliphatic carbocycles. The van der Waals surface area contributed by atoms with Gasteiger partial charge in [-0.2, -0.15) is 13.2 Å². The number of halogens is 4. The Balaban J connectivity index is 3.14. The van der Waals surface area contributed by atoms with E-state index in [2.05, 4.69) is 25.9 Å². The van der Waals surface area contributed by atoms with Gasteiger partial charge in [-0.15, -0.1) is 0 Å². The van der Waals surface area contributed by atoms with Crippen molar-refractivity contribution < 1.29 is 18.3 Å². The van der Waals surface area contributed by atoms with Crippen LogP contribution in [-0.4, -0.2) is 22.8 Å². The van der Waals surface area contributed by atoms with Crippen molar-refractivity contribution in [1.82, 2.24) is 4.98 Å². The predicted molar refractivity (Wildman–Crippen MR) is 54.4 cm³/mol. The van der Waals surface area contributed by atoms with Gasteiger partial charge < -0.3 is 5.11 Å². The third-order valence-corrected chi connectivity index (χ3v) is 2.05. The summed E-state index contributed by atoms with van der Waals surface area (Å²) in [7, 11) is 0. The zero-order valence-corrected chi connectivity index (χ0v) is 9.55. The molecule has 0 spiro atoms. The Morgan fingerprint density at radius 1 is 1.50 bits per heavy atom. The number of nitrogens with zero attached hydrogens (tertiary/aromatic N) is 2. The molecule has 1 heterocycles. The molecule has 1 aromatic rings. The van der Waals surface area contributed by atoms with Crippen molar-refractivity contribution in [2.24, 2.45) is 4.99 Å². The minimum absolute atomic E-state index is 0.130. The molecule has 16 heavy (non-hydrogen) atoms. The van der Waals surface area contributed by atoms with Gasteiger partial charge in [-0.05, 0) is 12.0 Å². The molecule has 0 atom stereocenters. The molecule has 0 amide bonds. The van der Waals surface area contributed by atoms with Crippen LogP contribution < -0.4 is 5.11 Å². The first-order chi connectivity index (χ1) is 7.46. The van der Waals surface area contributed by atoms with Crippen molar-refractivity contribution in [2.45, 2.75) is 6.18 Å². The van der Waals surface area contributed by atoms with Crippen LogP contribution in [0.1, 0.15) is 11.1 Å². The summed E-state index contributed by atoms with van der Waals surface area (Å²) in [5, 5.41) is 11.8. The maximum absolute atomic E-state index is 12.5. The molecule has 0 fully saturated rings. The van der Waals surface area contributed by atoms with Gasteiger partial charge in [-0.3, -0.25) is 9.98 Å². The number of aromatic nitrogens is 1. The van der Waals surface area contributed by atoms with Crippen molar-refractivity contribution in [3.8, 4) is 0 Å². The van der Waals surface area contributed by atoms with Crippen LogP contribution in [0, 0.1) is 0 Å². The lowest BCUT2D eigenvalue weighted by molar-refractivity contribution is -0.214. The quantitative estimate of drug-likeness (QED) is 0.483. The van der Waals surface area contributed by atoms with E-state index in [1.165, 1.54) is 0 Å². The second-order valence-corrected chi connectivity index (χ2v) is 3.59. The Hall–Kier alpha value is -1.11. The summed E-state index contributed by atoms with van der Waals surface area (Å²) in [5.74, 6) is -0.903. The van der Waals surface area contributed by atoms with Crippen LogP contribution in [0.25, 0.3) is 0 Å². The molecular formula is C9H7BrF3N2O-. The fraction of sp³-hybridized carbons (Fsp3) is 0.333. The van der Waals surface area contributed by atoms with Gasteiger partial charge in [0.1, 0.15) is 0 Å². The van der Waals surface area contributed by atoms with Gasteiger partial charge in [0.25, 0.3) is 0 Å². The summed E-state index contributed by atoms with van der Waals surface area (Å²) >= 11 is 3.02. The van der Waals surface area contributed by atoms with E-state index in [4.69, 9.17) is 0 Å². The van der Waals surface area contributed by atoms with E-state index in [1.807, 2.05) is 0 Å². The summed E-state index contributed by atoms with van der Waals surface area (Å²) in [6, 6.07) is 0.761. The Bertz CT molecular complexity index is 393. The number of aliphatic imine (C=N–C) groups is 1. The molecule has 0 N–H and O–H groups in total. The number of pyridine rings is 1. The highest BCUT2D eigenvalue weighted by Crippen LogP contribution is 2.31. The molecule has 0 saturated carbocycles. The van der Waals surface area contributed by atoms with Crippen molar-refractivity contribution in [1.29, 1.82) is 0 Å². The third-order valence-electron chi connectivity index (χ3n) is 1.70. The molecule has 0 saturated heterocycles. The van der Waals surface area contributed by atoms with Crippen LogP contribution in [-0.2, 0) is 6.18 Å². The highest BCUT2D eigenvalue weighted by molar-refractivity contribution is 9.09. The van der Waals surface area contributed by atoms with E-state index in [1.54, 1.807) is 0 Å². The van der Waals surface area contributed by atoms with Gasteiger partial charge in [0.2, 0.25) is 0 Å². The van der Waals surface area contributed by atoms with Crippen LogP contribution >= 0.6 is 15.9 Å². The average Bonchev–Trinajstić information content (AvgIpc) is 2.24. The monoisotopic (exact) mass is 295 g/mol. The van der Waals surface area contributed by atoms with Gasteiger partial charge in [0.05, 0.1) is 5.56 Å². The predicted octanol–water partition coefficient (Wildman–Crippen LogP) is 1.60. The van der Waals surface area contributed by atoms with E-state index in [0.29, 0.717) is 5.33 Å². The maximum atomic E-state index is 12.5. The summed E-state index contributed by atoms with van der Waals surface area (Å²) in [5.41, 5.74) is -1.53. The van der Waals surface area contributed by atoms with E-state index in [-0.39, 0.29) is 6.54 Å². The highest BCUT2D eigenvalue weighted by Gasteiger charge is 2.33. The zero-order valence-electron chi connectivity index (χ0n) is 7.96. The van der Waals surface area contributed by atoms with Gasteiger partial charge in [-0.25, -0.2) is 0 Å². The van der Waals surface area contributed by atoms with Crippen molar-refractivity contribution >= 4 is 21.8 Å². The second kappa shape index (κ2) is 5.29. The van der Waals surface area contributed by atoms with Crippen molar-refractivity contribution in [3.63, 3.8) is 0 Å². The fourth-order valence-electron chi connectivity index (χ4n) is 1.04. The number of alkyl halides is 4. The summed E-state index contributed by atoms with van der Waals surface area (Å²) in [6.07, 6.45) is -2.70. The standard InChI is InChI=1S/C9H8BrF3N2O/c10-2-4-15-8(16)6-5-14-3-1-7(6)9(11,12)13/h1,3,5H,2,4H2,(H,15,16)/p-1. The first-order valence-electron chi connectivity index (χ1n) is 4.26. The second-order valence-electron chi connectivity index (χ2n) is 2.79. The van der Waals surface area contributed by atoms with E-state index >= 15 is 0 Å². The first-order valence-corrected chi connectivity index (χ1v) is 5.38. The summed E-state index contributed by atoms with van der Waals surface area (Å²) in [4.78, 5) is 6.96. The van der Waals surface area contributed by atoms with E-state index in [9.17, 15) is 18.3 Å². The summed E-state index contributed by atoms with van der Waals surface area (Å²) in [6.45, 7) is 0.130. The lowest BCUT2D eigenvalue weighted by atomic mass is 10.1. The van der Waals surface area contributed by atoms with E-state index < -0.39 is 23.2 Å². The molecule has 0 unspecified atom stereocenters. The van der Waals surface area contributed by atoms with Crippen molar-refractivity contribution in [2.75, 3.05) is 11.9 Å². The number of hydrogen-bond acceptors (Lipinski definition) is 3. The zero-order chi connectivity index (χ0) is 12.2.